The Hall–Kier alpha value is -3.76. The van der Waals surface area contributed by atoms with Crippen molar-refractivity contribution >= 4 is 17.4 Å². The minimum absolute atomic E-state index is 0.0640. The standard InChI is InChI=1S/C22H20F4N4O3/c1-32-17-8-7-14(9-18(17)33-2)28-21(31)15-11-27-30-19(22(24,25)26)10-16(29-20(15)30)12-3-5-13(23)6-4-12/h3-9,11,16,19,29H,10H2,1-2H3,(H,28,31)/t16-,19+/m1/s1. The molecule has 0 saturated heterocycles. The number of fused-ring (bicyclic) bond motifs is 1. The molecular weight excluding hydrogens is 444 g/mol. The van der Waals surface area contributed by atoms with Crippen molar-refractivity contribution in [3.8, 4) is 11.5 Å². The Morgan fingerprint density at radius 1 is 1.12 bits per heavy atom. The molecule has 7 nitrogen and oxygen atoms in total. The molecule has 1 aliphatic rings. The lowest BCUT2D eigenvalue weighted by Crippen LogP contribution is -2.36. The molecule has 0 fully saturated rings. The Morgan fingerprint density at radius 3 is 2.45 bits per heavy atom. The van der Waals surface area contributed by atoms with E-state index < -0.39 is 30.0 Å². The highest BCUT2D eigenvalue weighted by Crippen LogP contribution is 2.44. The van der Waals surface area contributed by atoms with E-state index in [1.54, 1.807) is 12.1 Å². The van der Waals surface area contributed by atoms with E-state index in [9.17, 15) is 22.4 Å². The molecule has 3 aromatic rings. The fraction of sp³-hybridized carbons (Fsp3) is 0.273. The van der Waals surface area contributed by atoms with Gasteiger partial charge in [0.2, 0.25) is 0 Å². The fourth-order valence-electron chi connectivity index (χ4n) is 3.75. The summed E-state index contributed by atoms with van der Waals surface area (Å²) in [6.45, 7) is 0. The summed E-state index contributed by atoms with van der Waals surface area (Å²) in [5.74, 6) is -0.399. The third-order valence-corrected chi connectivity index (χ3v) is 5.40. The van der Waals surface area contributed by atoms with Gasteiger partial charge in [-0.15, -0.1) is 0 Å². The molecular formula is C22H20F4N4O3. The van der Waals surface area contributed by atoms with Gasteiger partial charge in [0.25, 0.3) is 5.91 Å². The maximum Gasteiger partial charge on any atom is 0.410 e. The number of amides is 1. The van der Waals surface area contributed by atoms with E-state index in [1.807, 2.05) is 0 Å². The number of carbonyl (C=O) groups excluding carboxylic acids is 1. The van der Waals surface area contributed by atoms with Crippen LogP contribution in [0.4, 0.5) is 29.1 Å². The molecule has 2 heterocycles. The highest BCUT2D eigenvalue weighted by molar-refractivity contribution is 6.07. The van der Waals surface area contributed by atoms with Crippen LogP contribution in [0.5, 0.6) is 11.5 Å². The first-order chi connectivity index (χ1) is 15.7. The second-order valence-corrected chi connectivity index (χ2v) is 7.42. The van der Waals surface area contributed by atoms with Crippen molar-refractivity contribution in [3.05, 3.63) is 65.6 Å². The normalized spacial score (nSPS) is 17.6. The summed E-state index contributed by atoms with van der Waals surface area (Å²) < 4.78 is 65.9. The van der Waals surface area contributed by atoms with Crippen molar-refractivity contribution in [2.75, 3.05) is 24.9 Å². The van der Waals surface area contributed by atoms with Crippen molar-refractivity contribution in [1.82, 2.24) is 9.78 Å². The predicted octanol–water partition coefficient (Wildman–Crippen LogP) is 4.95. The van der Waals surface area contributed by atoms with Gasteiger partial charge >= 0.3 is 6.18 Å². The minimum atomic E-state index is -4.60. The lowest BCUT2D eigenvalue weighted by molar-refractivity contribution is -0.173. The number of alkyl halides is 3. The van der Waals surface area contributed by atoms with E-state index >= 15 is 0 Å². The van der Waals surface area contributed by atoms with Crippen LogP contribution in [0.2, 0.25) is 0 Å². The number of ether oxygens (including phenoxy) is 2. The zero-order valence-electron chi connectivity index (χ0n) is 17.6. The number of halogens is 4. The van der Waals surface area contributed by atoms with E-state index in [-0.39, 0.29) is 17.8 Å². The first-order valence-electron chi connectivity index (χ1n) is 9.91. The number of hydrogen-bond acceptors (Lipinski definition) is 5. The monoisotopic (exact) mass is 464 g/mol. The largest absolute Gasteiger partial charge is 0.493 e. The van der Waals surface area contributed by atoms with Crippen LogP contribution in [0.1, 0.15) is 34.4 Å². The van der Waals surface area contributed by atoms with Gasteiger partial charge in [-0.05, 0) is 29.8 Å². The van der Waals surface area contributed by atoms with E-state index in [1.165, 1.54) is 44.6 Å². The van der Waals surface area contributed by atoms with Gasteiger partial charge in [-0.2, -0.15) is 18.3 Å². The predicted molar refractivity (Wildman–Crippen MR) is 112 cm³/mol. The van der Waals surface area contributed by atoms with Crippen LogP contribution in [-0.2, 0) is 0 Å². The lowest BCUT2D eigenvalue weighted by Gasteiger charge is -2.34. The topological polar surface area (TPSA) is 77.4 Å². The third-order valence-electron chi connectivity index (χ3n) is 5.40. The van der Waals surface area contributed by atoms with Gasteiger partial charge in [0.15, 0.2) is 17.5 Å². The number of nitrogens with zero attached hydrogens (tertiary/aromatic N) is 2. The molecule has 1 aromatic heterocycles. The number of methoxy groups -OCH3 is 2. The molecule has 2 atom stereocenters. The van der Waals surface area contributed by atoms with Crippen LogP contribution in [-0.4, -0.2) is 36.1 Å². The van der Waals surface area contributed by atoms with Crippen molar-refractivity contribution < 1.29 is 31.8 Å². The number of carbonyl (C=O) groups is 1. The molecule has 0 spiro atoms. The van der Waals surface area contributed by atoms with Crippen molar-refractivity contribution in [3.63, 3.8) is 0 Å². The SMILES string of the molecule is COc1ccc(NC(=O)c2cnn3c2N[C@@H](c2ccc(F)cc2)C[C@H]3C(F)(F)F)cc1OC. The van der Waals surface area contributed by atoms with Crippen LogP contribution in [0, 0.1) is 5.82 Å². The summed E-state index contributed by atoms with van der Waals surface area (Å²) in [7, 11) is 2.91. The van der Waals surface area contributed by atoms with Crippen LogP contribution in [0.15, 0.2) is 48.7 Å². The molecule has 1 amide bonds. The second-order valence-electron chi connectivity index (χ2n) is 7.42. The quantitative estimate of drug-likeness (QED) is 0.523. The van der Waals surface area contributed by atoms with E-state index in [0.29, 0.717) is 22.7 Å². The molecule has 2 N–H and O–H groups in total. The van der Waals surface area contributed by atoms with Crippen LogP contribution < -0.4 is 20.1 Å². The zero-order chi connectivity index (χ0) is 23.8. The molecule has 0 saturated carbocycles. The number of hydrogen-bond donors (Lipinski definition) is 2. The number of nitrogens with one attached hydrogen (secondary N) is 2. The summed E-state index contributed by atoms with van der Waals surface area (Å²) in [6, 6.07) is 7.12. The first kappa shape index (κ1) is 22.4. The summed E-state index contributed by atoms with van der Waals surface area (Å²) in [5.41, 5.74) is 0.756. The van der Waals surface area contributed by atoms with Gasteiger partial charge in [-0.25, -0.2) is 9.07 Å². The Bertz CT molecular complexity index is 1160. The van der Waals surface area contributed by atoms with E-state index in [2.05, 4.69) is 15.7 Å². The molecule has 1 aliphatic heterocycles. The molecule has 0 radical (unpaired) electrons. The number of aromatic nitrogens is 2. The maximum atomic E-state index is 13.8. The van der Waals surface area contributed by atoms with E-state index in [0.717, 1.165) is 10.9 Å². The molecule has 4 rings (SSSR count). The van der Waals surface area contributed by atoms with Crippen molar-refractivity contribution in [2.24, 2.45) is 0 Å². The van der Waals surface area contributed by atoms with Gasteiger partial charge in [0.1, 0.15) is 17.2 Å². The van der Waals surface area contributed by atoms with Crippen LogP contribution in [0.3, 0.4) is 0 Å². The summed E-state index contributed by atoms with van der Waals surface area (Å²) in [4.78, 5) is 12.9. The van der Waals surface area contributed by atoms with Gasteiger partial charge in [-0.1, -0.05) is 12.1 Å². The Kier molecular flexibility index (Phi) is 5.88. The van der Waals surface area contributed by atoms with Crippen LogP contribution >= 0.6 is 0 Å². The average molecular weight is 464 g/mol. The highest BCUT2D eigenvalue weighted by atomic mass is 19.4. The summed E-state index contributed by atoms with van der Waals surface area (Å²) >= 11 is 0. The van der Waals surface area contributed by atoms with E-state index in [4.69, 9.17) is 9.47 Å². The molecule has 0 bridgehead atoms. The average Bonchev–Trinajstić information content (AvgIpc) is 3.22. The summed E-state index contributed by atoms with van der Waals surface area (Å²) in [5, 5.41) is 9.44. The molecule has 0 unspecified atom stereocenters. The zero-order valence-corrected chi connectivity index (χ0v) is 17.6. The van der Waals surface area contributed by atoms with Crippen molar-refractivity contribution in [2.45, 2.75) is 24.7 Å². The molecule has 33 heavy (non-hydrogen) atoms. The smallest absolute Gasteiger partial charge is 0.410 e. The maximum absolute atomic E-state index is 13.8. The Balaban J connectivity index is 1.66. The van der Waals surface area contributed by atoms with Crippen LogP contribution in [0.25, 0.3) is 0 Å². The second kappa shape index (κ2) is 8.64. The fourth-order valence-corrected chi connectivity index (χ4v) is 3.75. The first-order valence-corrected chi connectivity index (χ1v) is 9.91. The van der Waals surface area contributed by atoms with Gasteiger partial charge in [-0.3, -0.25) is 4.79 Å². The number of rotatable bonds is 5. The molecule has 11 heteroatoms. The van der Waals surface area contributed by atoms with Crippen molar-refractivity contribution in [1.29, 1.82) is 0 Å². The molecule has 0 aliphatic carbocycles. The Morgan fingerprint density at radius 2 is 1.82 bits per heavy atom. The third kappa shape index (κ3) is 4.43. The minimum Gasteiger partial charge on any atom is -0.493 e. The lowest BCUT2D eigenvalue weighted by atomic mass is 9.96. The number of anilines is 2. The Labute approximate surface area is 186 Å². The van der Waals surface area contributed by atoms with Gasteiger partial charge in [0, 0.05) is 18.2 Å². The summed E-state index contributed by atoms with van der Waals surface area (Å²) in [6.07, 6.45) is -3.87. The highest BCUT2D eigenvalue weighted by Gasteiger charge is 2.47. The molecule has 174 valence electrons. The van der Waals surface area contributed by atoms with Gasteiger partial charge < -0.3 is 20.1 Å². The molecule has 2 aromatic carbocycles. The number of benzene rings is 2. The van der Waals surface area contributed by atoms with Gasteiger partial charge in [0.05, 0.1) is 26.5 Å².